The van der Waals surface area contributed by atoms with Crippen LogP contribution >= 0.6 is 11.3 Å². The van der Waals surface area contributed by atoms with Gasteiger partial charge in [0.1, 0.15) is 15.3 Å². The Balaban J connectivity index is 2.59. The van der Waals surface area contributed by atoms with E-state index < -0.39 is 5.97 Å². The molecule has 2 aromatic rings. The van der Waals surface area contributed by atoms with E-state index in [4.69, 9.17) is 9.47 Å². The molecule has 1 heterocycles. The molecule has 1 aromatic carbocycles. The van der Waals surface area contributed by atoms with Crippen LogP contribution in [0.15, 0.2) is 35.1 Å². The molecule has 0 radical (unpaired) electrons. The average molecular weight is 373 g/mol. The number of rotatable bonds is 7. The molecule has 0 amide bonds. The number of thiazole rings is 1. The summed E-state index contributed by atoms with van der Waals surface area (Å²) in [6.07, 6.45) is 1.56. The summed E-state index contributed by atoms with van der Waals surface area (Å²) in [6, 6.07) is 11.2. The lowest BCUT2D eigenvalue weighted by molar-refractivity contribution is -0.136. The largest absolute Gasteiger partial charge is 0.462 e. The van der Waals surface area contributed by atoms with Crippen LogP contribution in [0.25, 0.3) is 11.8 Å². The number of hydrogen-bond donors (Lipinski definition) is 1. The van der Waals surface area contributed by atoms with Crippen molar-refractivity contribution in [2.24, 2.45) is 0 Å². The minimum absolute atomic E-state index is 0.145. The number of carbonyl (C=O) groups excluding carboxylic acids is 1. The molecule has 26 heavy (non-hydrogen) atoms. The number of methoxy groups -OCH3 is 1. The predicted octanol–water partition coefficient (Wildman–Crippen LogP) is 0.644. The van der Waals surface area contributed by atoms with Crippen LogP contribution in [-0.2, 0) is 20.8 Å². The van der Waals surface area contributed by atoms with Crippen molar-refractivity contribution in [2.75, 3.05) is 25.6 Å². The third kappa shape index (κ3) is 4.59. The van der Waals surface area contributed by atoms with Gasteiger partial charge in [-0.15, -0.1) is 11.3 Å². The monoisotopic (exact) mass is 373 g/mol. The summed E-state index contributed by atoms with van der Waals surface area (Å²) in [5, 5.41) is 12.4. The highest BCUT2D eigenvalue weighted by Gasteiger charge is 2.16. The number of hydrogen-bond acceptors (Lipinski definition) is 7. The normalized spacial score (nSPS) is 12.4. The van der Waals surface area contributed by atoms with Gasteiger partial charge in [-0.05, 0) is 19.1 Å². The summed E-state index contributed by atoms with van der Waals surface area (Å²) in [5.41, 5.74) is 0.326. The first-order valence-corrected chi connectivity index (χ1v) is 8.75. The number of nitrogens with one attached hydrogen (secondary N) is 1. The zero-order valence-corrected chi connectivity index (χ0v) is 15.3. The zero-order chi connectivity index (χ0) is 18.9. The molecule has 7 nitrogen and oxygen atoms in total. The minimum atomic E-state index is -0.745. The molecular weight excluding hydrogens is 354 g/mol. The van der Waals surface area contributed by atoms with Crippen LogP contribution in [0, 0.1) is 11.3 Å². The highest BCUT2D eigenvalue weighted by molar-refractivity contribution is 7.07. The van der Waals surface area contributed by atoms with Crippen molar-refractivity contribution < 1.29 is 14.3 Å². The van der Waals surface area contributed by atoms with E-state index in [1.165, 1.54) is 11.7 Å². The van der Waals surface area contributed by atoms with Crippen molar-refractivity contribution in [1.29, 1.82) is 5.26 Å². The fourth-order valence-electron chi connectivity index (χ4n) is 2.16. The van der Waals surface area contributed by atoms with Crippen LogP contribution in [0.1, 0.15) is 6.92 Å². The fourth-order valence-corrected chi connectivity index (χ4v) is 3.20. The molecule has 0 aliphatic heterocycles. The Kier molecular flexibility index (Phi) is 7.14. The number of ether oxygens (including phenoxy) is 2. The average Bonchev–Trinajstić information content (AvgIpc) is 2.95. The van der Waals surface area contributed by atoms with Gasteiger partial charge in [0.25, 0.3) is 5.56 Å². The Morgan fingerprint density at radius 3 is 2.73 bits per heavy atom. The van der Waals surface area contributed by atoms with Gasteiger partial charge in [0.05, 0.1) is 19.8 Å². The van der Waals surface area contributed by atoms with Gasteiger partial charge in [0, 0.05) is 19.0 Å². The number of benzene rings is 1. The second-order valence-electron chi connectivity index (χ2n) is 5.08. The van der Waals surface area contributed by atoms with Gasteiger partial charge >= 0.3 is 5.97 Å². The molecule has 1 aromatic heterocycles. The molecule has 136 valence electrons. The fraction of sp³-hybridized carbons (Fsp3) is 0.278. The Labute approximate surface area is 154 Å². The number of carbonyl (C=O) groups is 1. The first-order chi connectivity index (χ1) is 12.6. The van der Waals surface area contributed by atoms with Crippen molar-refractivity contribution in [1.82, 2.24) is 4.57 Å². The summed E-state index contributed by atoms with van der Waals surface area (Å²) in [4.78, 5) is 24.7. The van der Waals surface area contributed by atoms with E-state index in [9.17, 15) is 14.9 Å². The van der Waals surface area contributed by atoms with Gasteiger partial charge in [0.2, 0.25) is 0 Å². The molecule has 0 unspecified atom stereocenters. The lowest BCUT2D eigenvalue weighted by Crippen LogP contribution is -2.34. The third-order valence-electron chi connectivity index (χ3n) is 3.38. The van der Waals surface area contributed by atoms with E-state index in [1.807, 2.05) is 36.4 Å². The van der Waals surface area contributed by atoms with Crippen LogP contribution < -0.4 is 20.1 Å². The molecule has 0 saturated heterocycles. The maximum Gasteiger partial charge on any atom is 0.351 e. The second-order valence-corrected chi connectivity index (χ2v) is 6.11. The van der Waals surface area contributed by atoms with Gasteiger partial charge in [0.15, 0.2) is 5.57 Å². The van der Waals surface area contributed by atoms with E-state index in [-0.39, 0.29) is 35.6 Å². The third-order valence-corrected chi connectivity index (χ3v) is 4.51. The molecular formula is C18H19N3O4S. The summed E-state index contributed by atoms with van der Waals surface area (Å²) >= 11 is 1.06. The zero-order valence-electron chi connectivity index (χ0n) is 14.5. The first-order valence-electron chi connectivity index (χ1n) is 7.94. The number of esters is 1. The molecule has 0 spiro atoms. The standard InChI is InChI=1S/C18H19N3O4S/c1-3-25-18(23)14(11-19)17-21(9-10-24-2)16(22)15(26-17)12-20-13-7-5-4-6-8-13/h4-8,12,20H,3,9-10H2,1-2H3/b15-12-,17-14-. The van der Waals surface area contributed by atoms with E-state index in [0.717, 1.165) is 17.0 Å². The van der Waals surface area contributed by atoms with Gasteiger partial charge < -0.3 is 14.8 Å². The van der Waals surface area contributed by atoms with E-state index in [2.05, 4.69) is 5.32 Å². The molecule has 0 saturated carbocycles. The topological polar surface area (TPSA) is 93.4 Å². The van der Waals surface area contributed by atoms with Gasteiger partial charge in [-0.1, -0.05) is 18.2 Å². The van der Waals surface area contributed by atoms with Crippen molar-refractivity contribution in [2.45, 2.75) is 13.5 Å². The van der Waals surface area contributed by atoms with Gasteiger partial charge in [-0.3, -0.25) is 9.36 Å². The quantitative estimate of drug-likeness (QED) is 0.716. The molecule has 8 heteroatoms. The molecule has 2 rings (SSSR count). The first kappa shape index (κ1) is 19.4. The number of nitriles is 1. The number of nitrogens with zero attached hydrogens (tertiary/aromatic N) is 2. The van der Waals surface area contributed by atoms with Crippen LogP contribution in [0.2, 0.25) is 0 Å². The summed E-state index contributed by atoms with van der Waals surface area (Å²) in [5.74, 6) is -0.745. The lowest BCUT2D eigenvalue weighted by atomic mass is 10.3. The minimum Gasteiger partial charge on any atom is -0.462 e. The highest BCUT2D eigenvalue weighted by atomic mass is 32.1. The Hall–Kier alpha value is -2.89. The number of aromatic nitrogens is 1. The van der Waals surface area contributed by atoms with E-state index in [0.29, 0.717) is 4.53 Å². The van der Waals surface area contributed by atoms with Crippen LogP contribution in [-0.4, -0.2) is 30.9 Å². The Morgan fingerprint density at radius 1 is 1.38 bits per heavy atom. The molecule has 0 aliphatic rings. The smallest absolute Gasteiger partial charge is 0.351 e. The molecule has 0 aliphatic carbocycles. The van der Waals surface area contributed by atoms with Crippen molar-refractivity contribution in [3.05, 3.63) is 49.9 Å². The molecule has 0 fully saturated rings. The van der Waals surface area contributed by atoms with Gasteiger partial charge in [-0.25, -0.2) is 4.79 Å². The summed E-state index contributed by atoms with van der Waals surface area (Å²) < 4.78 is 11.9. The molecule has 0 atom stereocenters. The van der Waals surface area contributed by atoms with Crippen LogP contribution in [0.5, 0.6) is 0 Å². The van der Waals surface area contributed by atoms with Crippen molar-refractivity contribution >= 4 is 34.8 Å². The van der Waals surface area contributed by atoms with E-state index >= 15 is 0 Å². The Bertz CT molecular complexity index is 971. The SMILES string of the molecule is CCOC(=O)/C(C#N)=c1\s/c(=C\Nc2ccccc2)c(=O)n1CCOC. The number of anilines is 1. The summed E-state index contributed by atoms with van der Waals surface area (Å²) in [7, 11) is 1.52. The molecule has 1 N–H and O–H groups in total. The maximum absolute atomic E-state index is 12.7. The van der Waals surface area contributed by atoms with Gasteiger partial charge in [-0.2, -0.15) is 5.26 Å². The van der Waals surface area contributed by atoms with E-state index in [1.54, 1.807) is 13.1 Å². The predicted molar refractivity (Wildman–Crippen MR) is 99.9 cm³/mol. The second kappa shape index (κ2) is 9.56. The van der Waals surface area contributed by atoms with Crippen LogP contribution in [0.3, 0.4) is 0 Å². The number of para-hydroxylation sites is 1. The van der Waals surface area contributed by atoms with Crippen LogP contribution in [0.4, 0.5) is 5.69 Å². The molecule has 0 bridgehead atoms. The maximum atomic E-state index is 12.7. The van der Waals surface area contributed by atoms with Crippen molar-refractivity contribution in [3.63, 3.8) is 0 Å². The summed E-state index contributed by atoms with van der Waals surface area (Å²) in [6.45, 7) is 2.30. The van der Waals surface area contributed by atoms with Crippen molar-refractivity contribution in [3.8, 4) is 6.07 Å². The Morgan fingerprint density at radius 2 is 2.12 bits per heavy atom. The lowest BCUT2D eigenvalue weighted by Gasteiger charge is -2.03. The highest BCUT2D eigenvalue weighted by Crippen LogP contribution is 2.04.